The van der Waals surface area contributed by atoms with Gasteiger partial charge in [-0.25, -0.2) is 9.78 Å². The summed E-state index contributed by atoms with van der Waals surface area (Å²) in [6.07, 6.45) is 3.42. The molecule has 106 valence electrons. The minimum absolute atomic E-state index is 0.0234. The molecule has 0 fully saturated rings. The summed E-state index contributed by atoms with van der Waals surface area (Å²) in [6, 6.07) is 5.03. The third-order valence-electron chi connectivity index (χ3n) is 2.87. The fourth-order valence-corrected chi connectivity index (χ4v) is 2.14. The van der Waals surface area contributed by atoms with Gasteiger partial charge in [0.05, 0.1) is 23.2 Å². The van der Waals surface area contributed by atoms with Crippen LogP contribution in [0.1, 0.15) is 35.9 Å². The number of benzene rings is 1. The summed E-state index contributed by atoms with van der Waals surface area (Å²) in [4.78, 5) is 15.3. The van der Waals surface area contributed by atoms with Crippen molar-refractivity contribution in [2.24, 2.45) is 0 Å². The van der Waals surface area contributed by atoms with Gasteiger partial charge in [-0.2, -0.15) is 0 Å². The fraction of sp³-hybridized carbons (Fsp3) is 0.286. The van der Waals surface area contributed by atoms with E-state index >= 15 is 0 Å². The second-order valence-electron chi connectivity index (χ2n) is 4.59. The van der Waals surface area contributed by atoms with Gasteiger partial charge in [0.15, 0.2) is 0 Å². The van der Waals surface area contributed by atoms with E-state index in [9.17, 15) is 4.79 Å². The van der Waals surface area contributed by atoms with E-state index in [1.807, 2.05) is 18.4 Å². The first-order valence-electron chi connectivity index (χ1n) is 6.16. The second kappa shape index (κ2) is 5.96. The van der Waals surface area contributed by atoms with Crippen LogP contribution in [0.3, 0.4) is 0 Å². The van der Waals surface area contributed by atoms with Crippen molar-refractivity contribution in [1.82, 2.24) is 9.55 Å². The van der Waals surface area contributed by atoms with Gasteiger partial charge in [-0.1, -0.05) is 17.7 Å². The van der Waals surface area contributed by atoms with Crippen LogP contribution in [0.4, 0.5) is 0 Å². The van der Waals surface area contributed by atoms with Gasteiger partial charge in [-0.05, 0) is 26.0 Å². The predicted molar refractivity (Wildman–Crippen MR) is 75.4 cm³/mol. The van der Waals surface area contributed by atoms with Crippen molar-refractivity contribution in [3.8, 4) is 5.75 Å². The van der Waals surface area contributed by atoms with Crippen LogP contribution < -0.4 is 4.74 Å². The summed E-state index contributed by atoms with van der Waals surface area (Å²) in [5.74, 6) is -0.857. The topological polar surface area (TPSA) is 64.4 Å². The zero-order valence-electron chi connectivity index (χ0n) is 11.2. The molecule has 2 aromatic rings. The van der Waals surface area contributed by atoms with Gasteiger partial charge in [-0.15, -0.1) is 0 Å². The molecule has 1 aromatic carbocycles. The molecule has 0 spiro atoms. The Hall–Kier alpha value is -2.01. The first kappa shape index (κ1) is 14.4. The highest BCUT2D eigenvalue weighted by Crippen LogP contribution is 2.27. The Morgan fingerprint density at radius 2 is 2.25 bits per heavy atom. The molecule has 2 rings (SSSR count). The number of aromatic carboxylic acids is 1. The number of hydrogen-bond donors (Lipinski definition) is 1. The number of rotatable bonds is 5. The van der Waals surface area contributed by atoms with Crippen LogP contribution in [0.15, 0.2) is 30.7 Å². The van der Waals surface area contributed by atoms with Gasteiger partial charge in [0.1, 0.15) is 17.9 Å². The average Bonchev–Trinajstić information content (AvgIpc) is 2.84. The lowest BCUT2D eigenvalue weighted by Gasteiger charge is -2.14. The van der Waals surface area contributed by atoms with Gasteiger partial charge in [-0.3, -0.25) is 0 Å². The molecule has 0 aliphatic carbocycles. The Balaban J connectivity index is 2.21. The molecule has 1 aromatic heterocycles. The first-order valence-corrected chi connectivity index (χ1v) is 6.53. The number of hydrogen-bond acceptors (Lipinski definition) is 3. The third-order valence-corrected chi connectivity index (χ3v) is 3.18. The molecule has 0 bridgehead atoms. The van der Waals surface area contributed by atoms with Crippen LogP contribution in [0.25, 0.3) is 0 Å². The quantitative estimate of drug-likeness (QED) is 0.918. The monoisotopic (exact) mass is 294 g/mol. The minimum Gasteiger partial charge on any atom is -0.486 e. The standard InChI is InChI=1S/C14H15ClN2O3/c1-9(2)17-8-16-6-10(17)7-20-12-5-3-4-11(15)13(12)14(18)19/h3-6,8-9H,7H2,1-2H3,(H,18,19). The Kier molecular flexibility index (Phi) is 4.29. The number of imidazole rings is 1. The molecule has 20 heavy (non-hydrogen) atoms. The highest BCUT2D eigenvalue weighted by molar-refractivity contribution is 6.33. The second-order valence-corrected chi connectivity index (χ2v) is 5.00. The van der Waals surface area contributed by atoms with Gasteiger partial charge in [0.25, 0.3) is 0 Å². The molecule has 0 aliphatic rings. The van der Waals surface area contributed by atoms with Crippen molar-refractivity contribution in [2.75, 3.05) is 0 Å². The highest BCUT2D eigenvalue weighted by atomic mass is 35.5. The molecule has 0 saturated carbocycles. The fourth-order valence-electron chi connectivity index (χ4n) is 1.89. The Morgan fingerprint density at radius 1 is 1.50 bits per heavy atom. The number of carbonyl (C=O) groups is 1. The van der Waals surface area contributed by atoms with E-state index in [2.05, 4.69) is 4.98 Å². The Labute approximate surface area is 121 Å². The van der Waals surface area contributed by atoms with Crippen LogP contribution in [0.2, 0.25) is 5.02 Å². The molecule has 0 aliphatic heterocycles. The summed E-state index contributed by atoms with van der Waals surface area (Å²) in [6.45, 7) is 4.30. The van der Waals surface area contributed by atoms with E-state index in [0.717, 1.165) is 5.69 Å². The van der Waals surface area contributed by atoms with Crippen LogP contribution in [-0.2, 0) is 6.61 Å². The largest absolute Gasteiger partial charge is 0.486 e. The molecule has 6 heteroatoms. The number of halogens is 1. The lowest BCUT2D eigenvalue weighted by molar-refractivity contribution is 0.0692. The predicted octanol–water partition coefficient (Wildman–Crippen LogP) is 3.39. The normalized spacial score (nSPS) is 10.8. The maximum absolute atomic E-state index is 11.2. The number of ether oxygens (including phenoxy) is 1. The lowest BCUT2D eigenvalue weighted by atomic mass is 10.2. The molecular formula is C14H15ClN2O3. The Morgan fingerprint density at radius 3 is 2.90 bits per heavy atom. The molecule has 0 amide bonds. The SMILES string of the molecule is CC(C)n1cncc1COc1cccc(Cl)c1C(=O)O. The van der Waals surface area contributed by atoms with Crippen LogP contribution >= 0.6 is 11.6 Å². The van der Waals surface area contributed by atoms with Crippen LogP contribution in [-0.4, -0.2) is 20.6 Å². The number of aromatic nitrogens is 2. The van der Waals surface area contributed by atoms with E-state index in [0.29, 0.717) is 0 Å². The third kappa shape index (κ3) is 2.93. The molecule has 0 atom stereocenters. The molecular weight excluding hydrogens is 280 g/mol. The first-order chi connectivity index (χ1) is 9.50. The highest BCUT2D eigenvalue weighted by Gasteiger charge is 2.16. The molecule has 5 nitrogen and oxygen atoms in total. The van der Waals surface area contributed by atoms with Crippen molar-refractivity contribution in [1.29, 1.82) is 0 Å². The smallest absolute Gasteiger partial charge is 0.341 e. The molecule has 1 heterocycles. The summed E-state index contributed by atoms with van der Waals surface area (Å²) < 4.78 is 7.55. The molecule has 0 radical (unpaired) electrons. The van der Waals surface area contributed by atoms with E-state index in [4.69, 9.17) is 21.4 Å². The van der Waals surface area contributed by atoms with Gasteiger partial charge < -0.3 is 14.4 Å². The number of nitrogens with zero attached hydrogens (tertiary/aromatic N) is 2. The van der Waals surface area contributed by atoms with Gasteiger partial charge in [0.2, 0.25) is 0 Å². The van der Waals surface area contributed by atoms with Gasteiger partial charge in [0, 0.05) is 6.04 Å². The average molecular weight is 295 g/mol. The summed E-state index contributed by atoms with van der Waals surface area (Å²) >= 11 is 5.89. The van der Waals surface area contributed by atoms with Crippen LogP contribution in [0, 0.1) is 0 Å². The van der Waals surface area contributed by atoms with Crippen molar-refractivity contribution in [3.63, 3.8) is 0 Å². The van der Waals surface area contributed by atoms with Crippen molar-refractivity contribution in [2.45, 2.75) is 26.5 Å². The van der Waals surface area contributed by atoms with E-state index in [-0.39, 0.29) is 29.0 Å². The molecule has 0 unspecified atom stereocenters. The number of carboxylic acids is 1. The molecule has 0 saturated heterocycles. The summed E-state index contributed by atoms with van der Waals surface area (Å²) in [7, 11) is 0. The Bertz CT molecular complexity index is 623. The maximum atomic E-state index is 11.2. The lowest BCUT2D eigenvalue weighted by Crippen LogP contribution is -2.09. The van der Waals surface area contributed by atoms with Gasteiger partial charge >= 0.3 is 5.97 Å². The summed E-state index contributed by atoms with van der Waals surface area (Å²) in [5, 5.41) is 9.32. The van der Waals surface area contributed by atoms with E-state index in [1.165, 1.54) is 6.07 Å². The van der Waals surface area contributed by atoms with Crippen LogP contribution in [0.5, 0.6) is 5.75 Å². The van der Waals surface area contributed by atoms with Crippen molar-refractivity contribution >= 4 is 17.6 Å². The maximum Gasteiger partial charge on any atom is 0.341 e. The van der Waals surface area contributed by atoms with E-state index in [1.54, 1.807) is 24.7 Å². The number of carboxylic acid groups (broad SMARTS) is 1. The van der Waals surface area contributed by atoms with E-state index < -0.39 is 5.97 Å². The minimum atomic E-state index is -1.11. The van der Waals surface area contributed by atoms with Crippen molar-refractivity contribution in [3.05, 3.63) is 47.0 Å². The zero-order valence-corrected chi connectivity index (χ0v) is 12.0. The summed E-state index contributed by atoms with van der Waals surface area (Å²) in [5.41, 5.74) is 0.848. The van der Waals surface area contributed by atoms with Crippen molar-refractivity contribution < 1.29 is 14.6 Å². The molecule has 1 N–H and O–H groups in total. The zero-order chi connectivity index (χ0) is 14.7.